The highest BCUT2D eigenvalue weighted by molar-refractivity contribution is 7.16. The van der Waals surface area contributed by atoms with Crippen molar-refractivity contribution in [3.05, 3.63) is 53.0 Å². The molecule has 30 heavy (non-hydrogen) atoms. The van der Waals surface area contributed by atoms with E-state index in [0.29, 0.717) is 12.2 Å². The van der Waals surface area contributed by atoms with Crippen LogP contribution >= 0.6 is 11.3 Å². The number of carbonyl (C=O) groups excluding carboxylic acids is 2. The summed E-state index contributed by atoms with van der Waals surface area (Å²) in [6.45, 7) is 4.47. The molecule has 1 aliphatic carbocycles. The molecule has 0 spiro atoms. The molecule has 0 radical (unpaired) electrons. The smallest absolute Gasteiger partial charge is 0.275 e. The molecule has 0 saturated heterocycles. The topological polar surface area (TPSA) is 54.3 Å². The van der Waals surface area contributed by atoms with Gasteiger partial charge in [0.15, 0.2) is 0 Å². The molecule has 1 atom stereocenters. The Labute approximate surface area is 180 Å². The van der Waals surface area contributed by atoms with Crippen LogP contribution in [0.15, 0.2) is 41.8 Å². The molecule has 156 valence electrons. The fourth-order valence-corrected chi connectivity index (χ4v) is 5.79. The van der Waals surface area contributed by atoms with Gasteiger partial charge in [-0.3, -0.25) is 14.5 Å². The van der Waals surface area contributed by atoms with Crippen LogP contribution in [0.1, 0.15) is 55.6 Å². The molecule has 1 saturated carbocycles. The molecule has 5 nitrogen and oxygen atoms in total. The van der Waals surface area contributed by atoms with Crippen LogP contribution in [-0.4, -0.2) is 28.0 Å². The highest BCUT2D eigenvalue weighted by atomic mass is 32.1. The fourth-order valence-electron chi connectivity index (χ4n) is 4.89. The maximum atomic E-state index is 13.7. The van der Waals surface area contributed by atoms with Gasteiger partial charge in [0.2, 0.25) is 5.91 Å². The van der Waals surface area contributed by atoms with Gasteiger partial charge in [-0.1, -0.05) is 31.9 Å². The zero-order valence-corrected chi connectivity index (χ0v) is 18.3. The standard InChI is InChI=1S/C24H27N3O2S/c1-3-16-8-10-19(11-9-16)27-21(28)20-14-17-12-13-30-22(17)26(20)15-24(27,2)23(29)25-18-6-4-5-7-18/h8-14,18H,3-7,15H2,1-2H3,(H,25,29)/t24-/m1/s1. The van der Waals surface area contributed by atoms with E-state index in [4.69, 9.17) is 0 Å². The summed E-state index contributed by atoms with van der Waals surface area (Å²) >= 11 is 1.62. The molecule has 2 amide bonds. The molecule has 1 fully saturated rings. The largest absolute Gasteiger partial charge is 0.351 e. The third kappa shape index (κ3) is 2.97. The van der Waals surface area contributed by atoms with Crippen LogP contribution in [0.5, 0.6) is 0 Å². The summed E-state index contributed by atoms with van der Waals surface area (Å²) in [5, 5.41) is 6.35. The van der Waals surface area contributed by atoms with Crippen molar-refractivity contribution >= 4 is 39.1 Å². The first-order valence-electron chi connectivity index (χ1n) is 10.8. The van der Waals surface area contributed by atoms with E-state index in [0.717, 1.165) is 48.0 Å². The average molecular weight is 422 g/mol. The van der Waals surface area contributed by atoms with E-state index >= 15 is 0 Å². The Bertz CT molecular complexity index is 1110. The van der Waals surface area contributed by atoms with Gasteiger partial charge in [0.05, 0.1) is 6.54 Å². The molecular weight excluding hydrogens is 394 g/mol. The quantitative estimate of drug-likeness (QED) is 0.661. The van der Waals surface area contributed by atoms with Crippen molar-refractivity contribution in [1.82, 2.24) is 9.88 Å². The molecule has 2 aromatic heterocycles. The molecule has 1 N–H and O–H groups in total. The first kappa shape index (κ1) is 19.4. The Morgan fingerprint density at radius 3 is 2.63 bits per heavy atom. The lowest BCUT2D eigenvalue weighted by Crippen LogP contribution is -2.65. The van der Waals surface area contributed by atoms with Gasteiger partial charge in [0.25, 0.3) is 5.91 Å². The van der Waals surface area contributed by atoms with Gasteiger partial charge in [0, 0.05) is 17.1 Å². The van der Waals surface area contributed by atoms with E-state index in [9.17, 15) is 9.59 Å². The fraction of sp³-hybridized carbons (Fsp3) is 0.417. The number of benzene rings is 1. The summed E-state index contributed by atoms with van der Waals surface area (Å²) in [5.41, 5.74) is 1.65. The third-order valence-electron chi connectivity index (χ3n) is 6.67. The summed E-state index contributed by atoms with van der Waals surface area (Å²) < 4.78 is 2.04. The van der Waals surface area contributed by atoms with Crippen molar-refractivity contribution in [3.63, 3.8) is 0 Å². The van der Waals surface area contributed by atoms with E-state index in [1.165, 1.54) is 5.56 Å². The molecule has 0 bridgehead atoms. The zero-order valence-electron chi connectivity index (χ0n) is 17.5. The SMILES string of the molecule is CCc1ccc(N2C(=O)c3cc4ccsc4n3C[C@]2(C)C(=O)NC2CCCC2)cc1. The van der Waals surface area contributed by atoms with E-state index in [2.05, 4.69) is 12.2 Å². The number of amides is 2. The highest BCUT2D eigenvalue weighted by Crippen LogP contribution is 2.37. The number of carbonyl (C=O) groups is 2. The van der Waals surface area contributed by atoms with Gasteiger partial charge >= 0.3 is 0 Å². The molecule has 1 aromatic carbocycles. The van der Waals surface area contributed by atoms with Crippen LogP contribution in [0, 0.1) is 0 Å². The summed E-state index contributed by atoms with van der Waals surface area (Å²) in [6.07, 6.45) is 5.28. The number of hydrogen-bond acceptors (Lipinski definition) is 3. The number of fused-ring (bicyclic) bond motifs is 3. The van der Waals surface area contributed by atoms with Gasteiger partial charge in [-0.05, 0) is 61.4 Å². The monoisotopic (exact) mass is 421 g/mol. The molecule has 3 heterocycles. The molecule has 6 heteroatoms. The van der Waals surface area contributed by atoms with Crippen LogP contribution in [0.2, 0.25) is 0 Å². The Balaban J connectivity index is 1.60. The van der Waals surface area contributed by atoms with Crippen molar-refractivity contribution in [2.24, 2.45) is 0 Å². The number of aryl methyl sites for hydroxylation is 1. The van der Waals surface area contributed by atoms with Gasteiger partial charge in [-0.15, -0.1) is 11.3 Å². The second-order valence-electron chi connectivity index (χ2n) is 8.69. The van der Waals surface area contributed by atoms with Gasteiger partial charge in [-0.2, -0.15) is 0 Å². The minimum atomic E-state index is -0.990. The summed E-state index contributed by atoms with van der Waals surface area (Å²) in [4.78, 5) is 30.1. The minimum Gasteiger partial charge on any atom is -0.351 e. The van der Waals surface area contributed by atoms with Crippen molar-refractivity contribution in [1.29, 1.82) is 0 Å². The van der Waals surface area contributed by atoms with E-state index in [1.807, 2.05) is 53.3 Å². The highest BCUT2D eigenvalue weighted by Gasteiger charge is 2.49. The maximum Gasteiger partial charge on any atom is 0.275 e. The number of hydrogen-bond donors (Lipinski definition) is 1. The number of nitrogens with one attached hydrogen (secondary N) is 1. The second kappa shape index (κ2) is 7.27. The van der Waals surface area contributed by atoms with Gasteiger partial charge < -0.3 is 9.88 Å². The number of nitrogens with zero attached hydrogens (tertiary/aromatic N) is 2. The third-order valence-corrected chi connectivity index (χ3v) is 7.62. The van der Waals surface area contributed by atoms with Crippen molar-refractivity contribution in [2.75, 3.05) is 4.90 Å². The van der Waals surface area contributed by atoms with Crippen LogP contribution in [0.3, 0.4) is 0 Å². The number of aromatic nitrogens is 1. The molecule has 2 aliphatic rings. The Morgan fingerprint density at radius 1 is 1.20 bits per heavy atom. The molecule has 1 aliphatic heterocycles. The number of rotatable bonds is 4. The maximum absolute atomic E-state index is 13.7. The van der Waals surface area contributed by atoms with Crippen molar-refractivity contribution < 1.29 is 9.59 Å². The normalized spacial score (nSPS) is 21.9. The summed E-state index contributed by atoms with van der Waals surface area (Å²) in [7, 11) is 0. The molecule has 0 unspecified atom stereocenters. The zero-order chi connectivity index (χ0) is 20.9. The van der Waals surface area contributed by atoms with E-state index < -0.39 is 5.54 Å². The summed E-state index contributed by atoms with van der Waals surface area (Å²) in [5.74, 6) is -0.177. The van der Waals surface area contributed by atoms with Crippen LogP contribution in [0.25, 0.3) is 10.2 Å². The van der Waals surface area contributed by atoms with Crippen LogP contribution in [-0.2, 0) is 17.8 Å². The molecule has 3 aromatic rings. The Kier molecular flexibility index (Phi) is 4.69. The van der Waals surface area contributed by atoms with Gasteiger partial charge in [0.1, 0.15) is 16.1 Å². The first-order chi connectivity index (χ1) is 14.5. The lowest BCUT2D eigenvalue weighted by molar-refractivity contribution is -0.127. The van der Waals surface area contributed by atoms with Crippen molar-refractivity contribution in [2.45, 2.75) is 64.1 Å². The number of anilines is 1. The van der Waals surface area contributed by atoms with Crippen LogP contribution < -0.4 is 10.2 Å². The average Bonchev–Trinajstić information content (AvgIpc) is 3.47. The van der Waals surface area contributed by atoms with Gasteiger partial charge in [-0.25, -0.2) is 0 Å². The summed E-state index contributed by atoms with van der Waals surface area (Å²) in [6, 6.07) is 12.2. The lowest BCUT2D eigenvalue weighted by atomic mass is 9.93. The first-order valence-corrected chi connectivity index (χ1v) is 11.7. The number of thiophene rings is 1. The second-order valence-corrected chi connectivity index (χ2v) is 9.58. The van der Waals surface area contributed by atoms with E-state index in [1.54, 1.807) is 16.2 Å². The molecule has 5 rings (SSSR count). The predicted octanol–water partition coefficient (Wildman–Crippen LogP) is 4.74. The Hall–Kier alpha value is -2.60. The Morgan fingerprint density at radius 2 is 1.93 bits per heavy atom. The van der Waals surface area contributed by atoms with Crippen molar-refractivity contribution in [3.8, 4) is 0 Å². The minimum absolute atomic E-state index is 0.0635. The van der Waals surface area contributed by atoms with Crippen LogP contribution in [0.4, 0.5) is 5.69 Å². The predicted molar refractivity (Wildman–Crippen MR) is 121 cm³/mol. The lowest BCUT2D eigenvalue weighted by Gasteiger charge is -2.44. The molecular formula is C24H27N3O2S. The van der Waals surface area contributed by atoms with E-state index in [-0.39, 0.29) is 17.9 Å².